The van der Waals surface area contributed by atoms with Gasteiger partial charge in [0.2, 0.25) is 10.0 Å². The van der Waals surface area contributed by atoms with E-state index in [1.165, 1.54) is 0 Å². The molecule has 3 N–H and O–H groups in total. The van der Waals surface area contributed by atoms with Crippen LogP contribution in [0.4, 0.5) is 0 Å². The molecular weight excluding hydrogens is 415 g/mol. The molecule has 0 heterocycles. The minimum atomic E-state index is -3.14. The summed E-state index contributed by atoms with van der Waals surface area (Å²) in [6, 6.07) is 9.96. The SMILES string of the molecule is CCNC(=NCc1ccccc1)NCCNS(=O)(=O)CC.I. The number of halogens is 1. The molecule has 1 aromatic rings. The molecule has 0 radical (unpaired) electrons. The van der Waals surface area contributed by atoms with Gasteiger partial charge in [0.15, 0.2) is 5.96 Å². The molecule has 22 heavy (non-hydrogen) atoms. The number of nitrogens with one attached hydrogen (secondary N) is 3. The van der Waals surface area contributed by atoms with Crippen molar-refractivity contribution in [1.82, 2.24) is 15.4 Å². The predicted molar refractivity (Wildman–Crippen MR) is 102 cm³/mol. The van der Waals surface area contributed by atoms with Crippen molar-refractivity contribution in [2.75, 3.05) is 25.4 Å². The highest BCUT2D eigenvalue weighted by Gasteiger charge is 2.04. The van der Waals surface area contributed by atoms with E-state index in [1.807, 2.05) is 37.3 Å². The first kappa shape index (κ1) is 21.1. The standard InChI is InChI=1S/C14H24N4O2S.HI/c1-3-15-14(16-10-11-18-21(19,20)4-2)17-12-13-8-6-5-7-9-13;/h5-9,18H,3-4,10-12H2,1-2H3,(H2,15,16,17);1H. The molecule has 1 rings (SSSR count). The molecule has 0 aliphatic rings. The van der Waals surface area contributed by atoms with Gasteiger partial charge in [-0.25, -0.2) is 18.1 Å². The van der Waals surface area contributed by atoms with Crippen LogP contribution in [0.2, 0.25) is 0 Å². The summed E-state index contributed by atoms with van der Waals surface area (Å²) in [7, 11) is -3.14. The van der Waals surface area contributed by atoms with Gasteiger partial charge in [-0.15, -0.1) is 24.0 Å². The number of guanidine groups is 1. The van der Waals surface area contributed by atoms with E-state index in [1.54, 1.807) is 6.92 Å². The van der Waals surface area contributed by atoms with E-state index < -0.39 is 10.0 Å². The number of aliphatic imine (C=N–C) groups is 1. The van der Waals surface area contributed by atoms with Crippen molar-refractivity contribution in [2.45, 2.75) is 20.4 Å². The molecule has 0 amide bonds. The van der Waals surface area contributed by atoms with Gasteiger partial charge in [0, 0.05) is 19.6 Å². The zero-order valence-electron chi connectivity index (χ0n) is 13.0. The Bertz CT molecular complexity index is 535. The van der Waals surface area contributed by atoms with E-state index >= 15 is 0 Å². The Morgan fingerprint density at radius 3 is 2.36 bits per heavy atom. The lowest BCUT2D eigenvalue weighted by Crippen LogP contribution is -2.41. The maximum absolute atomic E-state index is 11.3. The van der Waals surface area contributed by atoms with Crippen LogP contribution in [0.1, 0.15) is 19.4 Å². The van der Waals surface area contributed by atoms with Crippen LogP contribution in [0.5, 0.6) is 0 Å². The molecule has 0 bridgehead atoms. The van der Waals surface area contributed by atoms with E-state index in [-0.39, 0.29) is 29.7 Å². The van der Waals surface area contributed by atoms with Crippen LogP contribution in [0.3, 0.4) is 0 Å². The quantitative estimate of drug-likeness (QED) is 0.246. The Kier molecular flexibility index (Phi) is 11.2. The maximum atomic E-state index is 11.3. The second kappa shape index (κ2) is 11.7. The summed E-state index contributed by atoms with van der Waals surface area (Å²) in [5, 5.41) is 6.23. The Morgan fingerprint density at radius 1 is 1.09 bits per heavy atom. The van der Waals surface area contributed by atoms with Crippen molar-refractivity contribution < 1.29 is 8.42 Å². The minimum absolute atomic E-state index is 0. The highest BCUT2D eigenvalue weighted by molar-refractivity contribution is 14.0. The minimum Gasteiger partial charge on any atom is -0.357 e. The van der Waals surface area contributed by atoms with E-state index in [9.17, 15) is 8.42 Å². The zero-order chi connectivity index (χ0) is 15.6. The van der Waals surface area contributed by atoms with Crippen molar-refractivity contribution in [1.29, 1.82) is 0 Å². The fourth-order valence-electron chi connectivity index (χ4n) is 1.59. The smallest absolute Gasteiger partial charge is 0.211 e. The van der Waals surface area contributed by atoms with Crippen molar-refractivity contribution in [3.63, 3.8) is 0 Å². The molecule has 0 atom stereocenters. The molecule has 0 unspecified atom stereocenters. The Hall–Kier alpha value is -0.870. The molecule has 0 saturated carbocycles. The third kappa shape index (κ3) is 9.21. The van der Waals surface area contributed by atoms with Gasteiger partial charge < -0.3 is 10.6 Å². The van der Waals surface area contributed by atoms with Crippen LogP contribution < -0.4 is 15.4 Å². The van der Waals surface area contributed by atoms with Crippen LogP contribution in [-0.4, -0.2) is 39.8 Å². The molecule has 0 aliphatic heterocycles. The average molecular weight is 440 g/mol. The predicted octanol–water partition coefficient (Wildman–Crippen LogP) is 1.30. The normalized spacial score (nSPS) is 11.6. The lowest BCUT2D eigenvalue weighted by molar-refractivity contribution is 0.582. The summed E-state index contributed by atoms with van der Waals surface area (Å²) in [5.41, 5.74) is 1.13. The highest BCUT2D eigenvalue weighted by Crippen LogP contribution is 1.99. The van der Waals surface area contributed by atoms with Gasteiger partial charge in [-0.3, -0.25) is 0 Å². The van der Waals surface area contributed by atoms with Crippen molar-refractivity contribution >= 4 is 40.0 Å². The fraction of sp³-hybridized carbons (Fsp3) is 0.500. The first-order valence-corrected chi connectivity index (χ1v) is 8.76. The van der Waals surface area contributed by atoms with Gasteiger partial charge >= 0.3 is 0 Å². The second-order valence-electron chi connectivity index (χ2n) is 4.41. The van der Waals surface area contributed by atoms with Crippen LogP contribution in [-0.2, 0) is 16.6 Å². The average Bonchev–Trinajstić information content (AvgIpc) is 2.50. The van der Waals surface area contributed by atoms with Crippen LogP contribution >= 0.6 is 24.0 Å². The Balaban J connectivity index is 0.00000441. The summed E-state index contributed by atoms with van der Waals surface area (Å²) in [6.07, 6.45) is 0. The number of sulfonamides is 1. The molecule has 1 aromatic carbocycles. The number of rotatable bonds is 8. The van der Waals surface area contributed by atoms with Gasteiger partial charge in [-0.05, 0) is 19.4 Å². The molecule has 0 spiro atoms. The third-order valence-corrected chi connectivity index (χ3v) is 4.13. The first-order chi connectivity index (χ1) is 10.1. The van der Waals surface area contributed by atoms with Gasteiger partial charge in [-0.2, -0.15) is 0 Å². The molecule has 0 fully saturated rings. The summed E-state index contributed by atoms with van der Waals surface area (Å²) in [4.78, 5) is 4.46. The van der Waals surface area contributed by atoms with Crippen LogP contribution in [0.15, 0.2) is 35.3 Å². The Labute approximate surface area is 150 Å². The number of nitrogens with zero attached hydrogens (tertiary/aromatic N) is 1. The summed E-state index contributed by atoms with van der Waals surface area (Å²) < 4.78 is 25.1. The molecule has 0 saturated heterocycles. The third-order valence-electron chi connectivity index (χ3n) is 2.73. The van der Waals surface area contributed by atoms with Crippen molar-refractivity contribution in [2.24, 2.45) is 4.99 Å². The molecule has 6 nitrogen and oxygen atoms in total. The number of hydrogen-bond donors (Lipinski definition) is 3. The van der Waals surface area contributed by atoms with Gasteiger partial charge in [0.1, 0.15) is 0 Å². The lowest BCUT2D eigenvalue weighted by Gasteiger charge is -2.11. The van der Waals surface area contributed by atoms with E-state index in [2.05, 4.69) is 20.3 Å². The largest absolute Gasteiger partial charge is 0.357 e. The van der Waals surface area contributed by atoms with Crippen molar-refractivity contribution in [3.8, 4) is 0 Å². The van der Waals surface area contributed by atoms with E-state index in [0.29, 0.717) is 25.6 Å². The molecule has 126 valence electrons. The molecule has 0 aromatic heterocycles. The summed E-state index contributed by atoms with van der Waals surface area (Å²) in [5.74, 6) is 0.770. The monoisotopic (exact) mass is 440 g/mol. The maximum Gasteiger partial charge on any atom is 0.211 e. The van der Waals surface area contributed by atoms with E-state index in [4.69, 9.17) is 0 Å². The topological polar surface area (TPSA) is 82.6 Å². The van der Waals surface area contributed by atoms with Crippen molar-refractivity contribution in [3.05, 3.63) is 35.9 Å². The number of benzene rings is 1. The van der Waals surface area contributed by atoms with Gasteiger partial charge in [0.25, 0.3) is 0 Å². The summed E-state index contributed by atoms with van der Waals surface area (Å²) in [6.45, 7) is 5.75. The second-order valence-corrected chi connectivity index (χ2v) is 6.50. The van der Waals surface area contributed by atoms with Gasteiger partial charge in [0.05, 0.1) is 12.3 Å². The van der Waals surface area contributed by atoms with Crippen LogP contribution in [0, 0.1) is 0 Å². The van der Waals surface area contributed by atoms with Crippen LogP contribution in [0.25, 0.3) is 0 Å². The fourth-order valence-corrected chi connectivity index (χ4v) is 2.20. The molecular formula is C14H25IN4O2S. The number of hydrogen-bond acceptors (Lipinski definition) is 3. The van der Waals surface area contributed by atoms with Gasteiger partial charge in [-0.1, -0.05) is 30.3 Å². The Morgan fingerprint density at radius 2 is 1.77 bits per heavy atom. The van der Waals surface area contributed by atoms with E-state index in [0.717, 1.165) is 12.1 Å². The molecule has 8 heteroatoms. The lowest BCUT2D eigenvalue weighted by atomic mass is 10.2. The zero-order valence-corrected chi connectivity index (χ0v) is 16.1. The first-order valence-electron chi connectivity index (χ1n) is 7.11. The summed E-state index contributed by atoms with van der Waals surface area (Å²) >= 11 is 0. The highest BCUT2D eigenvalue weighted by atomic mass is 127. The molecule has 0 aliphatic carbocycles.